The molecule has 0 saturated carbocycles. The third kappa shape index (κ3) is 0.854. The van der Waals surface area contributed by atoms with Crippen molar-refractivity contribution in [2.75, 3.05) is 0 Å². The van der Waals surface area contributed by atoms with Crippen molar-refractivity contribution in [3.8, 4) is 0 Å². The highest BCUT2D eigenvalue weighted by molar-refractivity contribution is 9.10. The molecule has 4 heteroatoms. The van der Waals surface area contributed by atoms with Gasteiger partial charge in [0.1, 0.15) is 5.69 Å². The molecule has 0 spiro atoms. The number of carbonyl (C=O) groups is 1. The van der Waals surface area contributed by atoms with E-state index in [4.69, 9.17) is 0 Å². The SMILES string of the molecule is Cc1nn2c(c1Br)C(=O)CC2. The zero-order valence-electron chi connectivity index (χ0n) is 6.09. The molecule has 58 valence electrons. The maximum absolute atomic E-state index is 11.2. The Labute approximate surface area is 72.5 Å². The van der Waals surface area contributed by atoms with Crippen LogP contribution >= 0.6 is 15.9 Å². The van der Waals surface area contributed by atoms with E-state index in [1.807, 2.05) is 6.92 Å². The number of carbonyl (C=O) groups excluding carboxylic acids is 1. The van der Waals surface area contributed by atoms with Crippen LogP contribution < -0.4 is 0 Å². The Morgan fingerprint density at radius 3 is 3.00 bits per heavy atom. The Bertz CT molecular complexity index is 329. The second kappa shape index (κ2) is 2.17. The van der Waals surface area contributed by atoms with Gasteiger partial charge in [-0.15, -0.1) is 0 Å². The molecule has 0 atom stereocenters. The molecule has 1 aromatic rings. The monoisotopic (exact) mass is 214 g/mol. The number of rotatable bonds is 0. The van der Waals surface area contributed by atoms with Crippen LogP contribution in [-0.2, 0) is 6.54 Å². The fourth-order valence-electron chi connectivity index (χ4n) is 1.31. The van der Waals surface area contributed by atoms with Crippen molar-refractivity contribution in [2.45, 2.75) is 19.9 Å². The van der Waals surface area contributed by atoms with Crippen molar-refractivity contribution in [1.82, 2.24) is 9.78 Å². The fraction of sp³-hybridized carbons (Fsp3) is 0.429. The van der Waals surface area contributed by atoms with Gasteiger partial charge in [-0.3, -0.25) is 9.48 Å². The lowest BCUT2D eigenvalue weighted by Crippen LogP contribution is -1.94. The summed E-state index contributed by atoms with van der Waals surface area (Å²) in [7, 11) is 0. The Kier molecular flexibility index (Phi) is 1.39. The van der Waals surface area contributed by atoms with E-state index in [9.17, 15) is 4.79 Å². The fourth-order valence-corrected chi connectivity index (χ4v) is 1.82. The first-order valence-corrected chi connectivity index (χ1v) is 4.25. The molecule has 2 heterocycles. The molecular weight excluding hydrogens is 208 g/mol. The van der Waals surface area contributed by atoms with Crippen LogP contribution in [0.25, 0.3) is 0 Å². The molecule has 0 fully saturated rings. The van der Waals surface area contributed by atoms with Gasteiger partial charge in [0.25, 0.3) is 0 Å². The first-order valence-electron chi connectivity index (χ1n) is 3.46. The minimum absolute atomic E-state index is 0.192. The van der Waals surface area contributed by atoms with Crippen LogP contribution in [0.5, 0.6) is 0 Å². The molecule has 3 nitrogen and oxygen atoms in total. The molecule has 0 radical (unpaired) electrons. The zero-order valence-corrected chi connectivity index (χ0v) is 7.68. The molecular formula is C7H7BrN2O. The van der Waals surface area contributed by atoms with E-state index in [0.29, 0.717) is 6.42 Å². The number of ketones is 1. The molecule has 0 unspecified atom stereocenters. The molecule has 11 heavy (non-hydrogen) atoms. The summed E-state index contributed by atoms with van der Waals surface area (Å²) in [6.07, 6.45) is 0.598. The zero-order chi connectivity index (χ0) is 8.01. The third-order valence-electron chi connectivity index (χ3n) is 1.87. The second-order valence-electron chi connectivity index (χ2n) is 2.64. The Hall–Kier alpha value is -0.640. The van der Waals surface area contributed by atoms with Gasteiger partial charge in [-0.2, -0.15) is 5.10 Å². The maximum atomic E-state index is 11.2. The normalized spacial score (nSPS) is 15.6. The maximum Gasteiger partial charge on any atom is 0.183 e. The molecule has 0 amide bonds. The number of hydrogen-bond donors (Lipinski definition) is 0. The highest BCUT2D eigenvalue weighted by Crippen LogP contribution is 2.26. The van der Waals surface area contributed by atoms with Gasteiger partial charge in [-0.25, -0.2) is 0 Å². The Morgan fingerprint density at radius 1 is 1.64 bits per heavy atom. The van der Waals surface area contributed by atoms with Gasteiger partial charge in [0.05, 0.1) is 10.2 Å². The van der Waals surface area contributed by atoms with Gasteiger partial charge in [0, 0.05) is 13.0 Å². The Morgan fingerprint density at radius 2 is 2.36 bits per heavy atom. The van der Waals surface area contributed by atoms with Crippen LogP contribution in [-0.4, -0.2) is 15.6 Å². The largest absolute Gasteiger partial charge is 0.292 e. The average molecular weight is 215 g/mol. The molecule has 0 saturated heterocycles. The van der Waals surface area contributed by atoms with Crippen LogP contribution in [0.4, 0.5) is 0 Å². The summed E-state index contributed by atoms with van der Waals surface area (Å²) < 4.78 is 2.63. The summed E-state index contributed by atoms with van der Waals surface area (Å²) in [6.45, 7) is 2.63. The van der Waals surface area contributed by atoms with Crippen molar-refractivity contribution in [3.05, 3.63) is 15.9 Å². The van der Waals surface area contributed by atoms with E-state index in [0.717, 1.165) is 22.4 Å². The standard InChI is InChI=1S/C7H7BrN2O/c1-4-6(8)7-5(11)2-3-10(7)9-4/h2-3H2,1H3. The molecule has 0 N–H and O–H groups in total. The van der Waals surface area contributed by atoms with Crippen molar-refractivity contribution >= 4 is 21.7 Å². The van der Waals surface area contributed by atoms with Crippen LogP contribution in [0, 0.1) is 6.92 Å². The van der Waals surface area contributed by atoms with Gasteiger partial charge in [0.15, 0.2) is 5.78 Å². The van der Waals surface area contributed by atoms with Crippen LogP contribution in [0.1, 0.15) is 22.6 Å². The van der Waals surface area contributed by atoms with Crippen molar-refractivity contribution < 1.29 is 4.79 Å². The summed E-state index contributed by atoms with van der Waals surface area (Å²) in [4.78, 5) is 11.2. The quantitative estimate of drug-likeness (QED) is 0.657. The summed E-state index contributed by atoms with van der Waals surface area (Å²) in [5.74, 6) is 0.192. The van der Waals surface area contributed by atoms with Crippen molar-refractivity contribution in [1.29, 1.82) is 0 Å². The summed E-state index contributed by atoms with van der Waals surface area (Å²) in [5, 5.41) is 4.19. The van der Waals surface area contributed by atoms with Gasteiger partial charge >= 0.3 is 0 Å². The molecule has 0 bridgehead atoms. The summed E-state index contributed by atoms with van der Waals surface area (Å²) >= 11 is 3.34. The number of aromatic nitrogens is 2. The molecule has 1 aliphatic heterocycles. The van der Waals surface area contributed by atoms with Crippen LogP contribution in [0.15, 0.2) is 4.47 Å². The van der Waals surface area contributed by atoms with E-state index in [1.165, 1.54) is 0 Å². The predicted octanol–water partition coefficient (Wildman–Crippen LogP) is 1.54. The molecule has 0 aliphatic carbocycles. The Balaban J connectivity index is 2.67. The lowest BCUT2D eigenvalue weighted by molar-refractivity contribution is 0.0993. The van der Waals surface area contributed by atoms with E-state index in [1.54, 1.807) is 4.68 Å². The van der Waals surface area contributed by atoms with Crippen LogP contribution in [0.2, 0.25) is 0 Å². The van der Waals surface area contributed by atoms with E-state index in [2.05, 4.69) is 21.0 Å². The lowest BCUT2D eigenvalue weighted by atomic mass is 10.2. The number of hydrogen-bond acceptors (Lipinski definition) is 2. The molecule has 1 aromatic heterocycles. The number of Topliss-reactive ketones (excluding diaryl/α,β-unsaturated/α-hetero) is 1. The summed E-state index contributed by atoms with van der Waals surface area (Å²) in [5.41, 5.74) is 1.63. The minimum atomic E-state index is 0.192. The topological polar surface area (TPSA) is 34.9 Å². The average Bonchev–Trinajstić information content (AvgIpc) is 2.41. The minimum Gasteiger partial charge on any atom is -0.292 e. The number of fused-ring (bicyclic) bond motifs is 1. The highest BCUT2D eigenvalue weighted by Gasteiger charge is 2.25. The smallest absolute Gasteiger partial charge is 0.183 e. The molecule has 1 aliphatic rings. The van der Waals surface area contributed by atoms with Crippen molar-refractivity contribution in [3.63, 3.8) is 0 Å². The van der Waals surface area contributed by atoms with Gasteiger partial charge in [-0.05, 0) is 22.9 Å². The van der Waals surface area contributed by atoms with E-state index >= 15 is 0 Å². The van der Waals surface area contributed by atoms with Gasteiger partial charge < -0.3 is 0 Å². The number of aryl methyl sites for hydroxylation is 2. The van der Waals surface area contributed by atoms with Crippen molar-refractivity contribution in [2.24, 2.45) is 0 Å². The molecule has 2 rings (SSSR count). The second-order valence-corrected chi connectivity index (χ2v) is 3.44. The summed E-state index contributed by atoms with van der Waals surface area (Å²) in [6, 6.07) is 0. The first-order chi connectivity index (χ1) is 5.20. The van der Waals surface area contributed by atoms with Gasteiger partial charge in [0.2, 0.25) is 0 Å². The predicted molar refractivity (Wildman–Crippen MR) is 43.6 cm³/mol. The van der Waals surface area contributed by atoms with E-state index < -0.39 is 0 Å². The highest BCUT2D eigenvalue weighted by atomic mass is 79.9. The first kappa shape index (κ1) is 7.03. The van der Waals surface area contributed by atoms with Gasteiger partial charge in [-0.1, -0.05) is 0 Å². The number of nitrogens with zero attached hydrogens (tertiary/aromatic N) is 2. The lowest BCUT2D eigenvalue weighted by Gasteiger charge is -1.88. The van der Waals surface area contributed by atoms with E-state index in [-0.39, 0.29) is 5.78 Å². The number of halogens is 1. The molecule has 0 aromatic carbocycles. The van der Waals surface area contributed by atoms with Crippen LogP contribution in [0.3, 0.4) is 0 Å². The third-order valence-corrected chi connectivity index (χ3v) is 2.82.